The molecule has 26 heavy (non-hydrogen) atoms. The smallest absolute Gasteiger partial charge is 0.317 e. The first-order valence-corrected chi connectivity index (χ1v) is 8.77. The first-order chi connectivity index (χ1) is 12.4. The van der Waals surface area contributed by atoms with Gasteiger partial charge in [0.2, 0.25) is 0 Å². The van der Waals surface area contributed by atoms with Gasteiger partial charge in [0.15, 0.2) is 5.78 Å². The van der Waals surface area contributed by atoms with Crippen molar-refractivity contribution in [1.29, 1.82) is 0 Å². The highest BCUT2D eigenvalue weighted by molar-refractivity contribution is 6.42. The van der Waals surface area contributed by atoms with Gasteiger partial charge in [-0.05, 0) is 24.3 Å². The summed E-state index contributed by atoms with van der Waals surface area (Å²) in [5.74, 6) is 0.609. The van der Waals surface area contributed by atoms with Gasteiger partial charge in [-0.15, -0.1) is 0 Å². The van der Waals surface area contributed by atoms with Crippen LogP contribution in [0.1, 0.15) is 22.3 Å². The Kier molecular flexibility index (Phi) is 7.30. The lowest BCUT2D eigenvalue weighted by atomic mass is 10.1. The Bertz CT molecular complexity index is 796. The number of amides is 2. The second-order valence-electron chi connectivity index (χ2n) is 5.70. The Morgan fingerprint density at radius 1 is 1.12 bits per heavy atom. The molecule has 7 heteroatoms. The Balaban J connectivity index is 1.84. The van der Waals surface area contributed by atoms with Crippen LogP contribution in [-0.4, -0.2) is 37.4 Å². The summed E-state index contributed by atoms with van der Waals surface area (Å²) in [6.07, 6.45) is 0.173. The lowest BCUT2D eigenvalue weighted by Gasteiger charge is -2.19. The van der Waals surface area contributed by atoms with E-state index in [0.29, 0.717) is 22.2 Å². The van der Waals surface area contributed by atoms with Crippen LogP contribution in [0.3, 0.4) is 0 Å². The maximum absolute atomic E-state index is 12.2. The van der Waals surface area contributed by atoms with Gasteiger partial charge in [0.05, 0.1) is 23.7 Å². The van der Waals surface area contributed by atoms with Crippen LogP contribution in [0.15, 0.2) is 42.5 Å². The van der Waals surface area contributed by atoms with Crippen LogP contribution in [0.2, 0.25) is 10.0 Å². The van der Waals surface area contributed by atoms with E-state index in [0.717, 1.165) is 11.3 Å². The van der Waals surface area contributed by atoms with E-state index in [-0.39, 0.29) is 24.8 Å². The van der Waals surface area contributed by atoms with E-state index in [1.54, 1.807) is 26.3 Å². The lowest BCUT2D eigenvalue weighted by Crippen LogP contribution is -2.37. The van der Waals surface area contributed by atoms with Crippen molar-refractivity contribution in [3.05, 3.63) is 63.6 Å². The number of benzene rings is 2. The van der Waals surface area contributed by atoms with Crippen molar-refractivity contribution in [2.75, 3.05) is 20.7 Å². The number of hydrogen-bond acceptors (Lipinski definition) is 3. The molecule has 2 aromatic rings. The van der Waals surface area contributed by atoms with Crippen LogP contribution in [0.5, 0.6) is 5.75 Å². The number of methoxy groups -OCH3 is 1. The number of ketones is 1. The fraction of sp³-hybridized carbons (Fsp3) is 0.263. The number of hydrogen-bond donors (Lipinski definition) is 1. The van der Waals surface area contributed by atoms with Gasteiger partial charge in [-0.25, -0.2) is 4.79 Å². The standard InChI is InChI=1S/C19H20Cl2N2O3/c1-23(12-14-5-3-4-6-18(14)26-2)19(25)22-10-9-17(24)13-7-8-15(20)16(21)11-13/h3-8,11H,9-10,12H2,1-2H3,(H,22,25). The zero-order valence-corrected chi connectivity index (χ0v) is 16.1. The molecule has 2 aromatic carbocycles. The molecule has 138 valence electrons. The third kappa shape index (κ3) is 5.38. The molecule has 0 radical (unpaired) electrons. The summed E-state index contributed by atoms with van der Waals surface area (Å²) in [6.45, 7) is 0.630. The number of ether oxygens (including phenoxy) is 1. The number of rotatable bonds is 7. The molecule has 5 nitrogen and oxygen atoms in total. The minimum absolute atomic E-state index is 0.115. The van der Waals surface area contributed by atoms with Crippen LogP contribution in [-0.2, 0) is 6.54 Å². The van der Waals surface area contributed by atoms with Crippen molar-refractivity contribution >= 4 is 35.0 Å². The van der Waals surface area contributed by atoms with E-state index in [9.17, 15) is 9.59 Å². The van der Waals surface area contributed by atoms with Crippen LogP contribution >= 0.6 is 23.2 Å². The summed E-state index contributed by atoms with van der Waals surface area (Å²) >= 11 is 11.8. The molecular weight excluding hydrogens is 375 g/mol. The van der Waals surface area contributed by atoms with Crippen molar-refractivity contribution in [3.8, 4) is 5.75 Å². The van der Waals surface area contributed by atoms with Crippen molar-refractivity contribution in [3.63, 3.8) is 0 Å². The molecule has 0 fully saturated rings. The van der Waals surface area contributed by atoms with E-state index in [1.165, 1.54) is 11.0 Å². The van der Waals surface area contributed by atoms with E-state index < -0.39 is 0 Å². The predicted molar refractivity (Wildman–Crippen MR) is 103 cm³/mol. The molecule has 0 unspecified atom stereocenters. The SMILES string of the molecule is COc1ccccc1CN(C)C(=O)NCCC(=O)c1ccc(Cl)c(Cl)c1. The zero-order chi connectivity index (χ0) is 19.1. The van der Waals surface area contributed by atoms with Gasteiger partial charge in [-0.2, -0.15) is 0 Å². The Labute approximate surface area is 162 Å². The minimum Gasteiger partial charge on any atom is -0.496 e. The monoisotopic (exact) mass is 394 g/mol. The third-order valence-corrected chi connectivity index (χ3v) is 4.56. The van der Waals surface area contributed by atoms with Gasteiger partial charge in [0.25, 0.3) is 0 Å². The molecule has 0 saturated carbocycles. The molecular formula is C19H20Cl2N2O3. The molecule has 0 aromatic heterocycles. The molecule has 0 heterocycles. The summed E-state index contributed by atoms with van der Waals surface area (Å²) in [7, 11) is 3.27. The maximum atomic E-state index is 12.2. The normalized spacial score (nSPS) is 10.3. The summed E-state index contributed by atoms with van der Waals surface area (Å²) in [4.78, 5) is 25.9. The van der Waals surface area contributed by atoms with Gasteiger partial charge >= 0.3 is 6.03 Å². The maximum Gasteiger partial charge on any atom is 0.317 e. The second kappa shape index (κ2) is 9.46. The van der Waals surface area contributed by atoms with Crippen LogP contribution in [0.25, 0.3) is 0 Å². The summed E-state index contributed by atoms with van der Waals surface area (Å²) < 4.78 is 5.28. The molecule has 0 atom stereocenters. The quantitative estimate of drug-likeness (QED) is 0.707. The second-order valence-corrected chi connectivity index (χ2v) is 6.52. The molecule has 0 aliphatic heterocycles. The summed E-state index contributed by atoms with van der Waals surface area (Å²) in [5, 5.41) is 3.46. The van der Waals surface area contributed by atoms with Gasteiger partial charge in [-0.1, -0.05) is 41.4 Å². The van der Waals surface area contributed by atoms with E-state index >= 15 is 0 Å². The van der Waals surface area contributed by atoms with E-state index in [4.69, 9.17) is 27.9 Å². The third-order valence-electron chi connectivity index (χ3n) is 3.82. The predicted octanol–water partition coefficient (Wildman–Crippen LogP) is 4.42. The number of carbonyl (C=O) groups is 2. The number of nitrogens with one attached hydrogen (secondary N) is 1. The Morgan fingerprint density at radius 3 is 2.54 bits per heavy atom. The van der Waals surface area contributed by atoms with Crippen LogP contribution < -0.4 is 10.1 Å². The largest absolute Gasteiger partial charge is 0.496 e. The van der Waals surface area contributed by atoms with Crippen LogP contribution in [0.4, 0.5) is 4.79 Å². The lowest BCUT2D eigenvalue weighted by molar-refractivity contribution is 0.0983. The molecule has 0 aliphatic rings. The summed E-state index contributed by atoms with van der Waals surface area (Å²) in [6, 6.07) is 12.0. The van der Waals surface area contributed by atoms with Crippen molar-refractivity contribution in [2.24, 2.45) is 0 Å². The zero-order valence-electron chi connectivity index (χ0n) is 14.6. The number of carbonyl (C=O) groups excluding carboxylic acids is 2. The molecule has 1 N–H and O–H groups in total. The van der Waals surface area contributed by atoms with Crippen LogP contribution in [0, 0.1) is 0 Å². The first kappa shape index (κ1) is 20.1. The number of Topliss-reactive ketones (excluding diaryl/α,β-unsaturated/α-hetero) is 1. The van der Waals surface area contributed by atoms with Gasteiger partial charge in [-0.3, -0.25) is 4.79 Å². The average molecular weight is 395 g/mol. The van der Waals surface area contributed by atoms with E-state index in [2.05, 4.69) is 5.32 Å². The molecule has 0 saturated heterocycles. The first-order valence-electron chi connectivity index (χ1n) is 8.01. The molecule has 0 spiro atoms. The molecule has 0 aliphatic carbocycles. The van der Waals surface area contributed by atoms with E-state index in [1.807, 2.05) is 24.3 Å². The van der Waals surface area contributed by atoms with Gasteiger partial charge < -0.3 is 15.0 Å². The van der Waals surface area contributed by atoms with Gasteiger partial charge in [0, 0.05) is 31.1 Å². The molecule has 2 rings (SSSR count). The highest BCUT2D eigenvalue weighted by Crippen LogP contribution is 2.23. The molecule has 0 bridgehead atoms. The number of urea groups is 1. The van der Waals surface area contributed by atoms with Crippen molar-refractivity contribution < 1.29 is 14.3 Å². The van der Waals surface area contributed by atoms with Gasteiger partial charge in [0.1, 0.15) is 5.75 Å². The number of halogens is 2. The highest BCUT2D eigenvalue weighted by Gasteiger charge is 2.13. The number of para-hydroxylation sites is 1. The fourth-order valence-electron chi connectivity index (χ4n) is 2.39. The average Bonchev–Trinajstić information content (AvgIpc) is 2.64. The highest BCUT2D eigenvalue weighted by atomic mass is 35.5. The summed E-state index contributed by atoms with van der Waals surface area (Å²) in [5.41, 5.74) is 1.37. The fourth-order valence-corrected chi connectivity index (χ4v) is 2.69. The van der Waals surface area contributed by atoms with Crippen molar-refractivity contribution in [2.45, 2.75) is 13.0 Å². The number of nitrogens with zero attached hydrogens (tertiary/aromatic N) is 1. The Morgan fingerprint density at radius 2 is 1.85 bits per heavy atom. The topological polar surface area (TPSA) is 58.6 Å². The minimum atomic E-state index is -0.266. The Hall–Kier alpha value is -2.24. The van der Waals surface area contributed by atoms with Crippen molar-refractivity contribution in [1.82, 2.24) is 10.2 Å². The molecule has 2 amide bonds.